The van der Waals surface area contributed by atoms with Crippen LogP contribution in [0.1, 0.15) is 105 Å². The highest BCUT2D eigenvalue weighted by molar-refractivity contribution is 5.92. The average Bonchev–Trinajstić information content (AvgIpc) is 2.71. The zero-order valence-corrected chi connectivity index (χ0v) is 24.2. The molecule has 2 N–H and O–H groups in total. The van der Waals surface area contributed by atoms with Gasteiger partial charge in [0.1, 0.15) is 17.7 Å². The van der Waals surface area contributed by atoms with Crippen LogP contribution >= 0.6 is 0 Å². The summed E-state index contributed by atoms with van der Waals surface area (Å²) in [5, 5.41) is 5.84. The van der Waals surface area contributed by atoms with E-state index in [2.05, 4.69) is 17.6 Å². The predicted molar refractivity (Wildman–Crippen MR) is 146 cm³/mol. The second-order valence-corrected chi connectivity index (χ2v) is 12.0. The van der Waals surface area contributed by atoms with Gasteiger partial charge in [0, 0.05) is 12.1 Å². The molecule has 0 fully saturated rings. The number of carbonyl (C=O) groups excluding carboxylic acids is 3. The maximum atomic E-state index is 14.1. The summed E-state index contributed by atoms with van der Waals surface area (Å²) in [7, 11) is 0. The van der Waals surface area contributed by atoms with E-state index in [0.717, 1.165) is 36.8 Å². The molecule has 36 heavy (non-hydrogen) atoms. The van der Waals surface area contributed by atoms with Gasteiger partial charge in [-0.25, -0.2) is 4.79 Å². The Balaban J connectivity index is 3.49. The average molecular weight is 504 g/mol. The Morgan fingerprint density at radius 3 is 2.14 bits per heavy atom. The Hall–Kier alpha value is -2.57. The van der Waals surface area contributed by atoms with E-state index in [0.29, 0.717) is 6.54 Å². The fraction of sp³-hybridized carbons (Fsp3) is 0.690. The third-order valence-electron chi connectivity index (χ3n) is 5.56. The van der Waals surface area contributed by atoms with E-state index in [-0.39, 0.29) is 17.7 Å². The van der Waals surface area contributed by atoms with Crippen molar-refractivity contribution in [2.75, 3.05) is 6.54 Å². The van der Waals surface area contributed by atoms with Crippen molar-refractivity contribution in [1.82, 2.24) is 15.5 Å². The Kier molecular flexibility index (Phi) is 11.9. The first kappa shape index (κ1) is 31.5. The van der Waals surface area contributed by atoms with Gasteiger partial charge in [0.05, 0.1) is 0 Å². The van der Waals surface area contributed by atoms with E-state index < -0.39 is 29.3 Å². The number of amides is 3. The Morgan fingerprint density at radius 2 is 1.64 bits per heavy atom. The summed E-state index contributed by atoms with van der Waals surface area (Å²) in [6.07, 6.45) is 3.19. The molecule has 204 valence electrons. The third-order valence-corrected chi connectivity index (χ3v) is 5.56. The van der Waals surface area contributed by atoms with Crippen molar-refractivity contribution in [3.05, 3.63) is 35.4 Å². The van der Waals surface area contributed by atoms with E-state index in [1.54, 1.807) is 25.7 Å². The number of ether oxygens (including phenoxy) is 1. The fourth-order valence-electron chi connectivity index (χ4n) is 3.95. The van der Waals surface area contributed by atoms with Crippen molar-refractivity contribution in [3.8, 4) is 0 Å². The fourth-order valence-corrected chi connectivity index (χ4v) is 3.95. The van der Waals surface area contributed by atoms with E-state index in [1.165, 1.54) is 0 Å². The van der Waals surface area contributed by atoms with Gasteiger partial charge in [-0.1, -0.05) is 69.9 Å². The number of alkyl carbamates (subject to hydrolysis) is 1. The first-order valence-electron chi connectivity index (χ1n) is 13.2. The highest BCUT2D eigenvalue weighted by Gasteiger charge is 2.38. The molecule has 0 spiro atoms. The van der Waals surface area contributed by atoms with Crippen LogP contribution in [-0.4, -0.2) is 46.5 Å². The highest BCUT2D eigenvalue weighted by Crippen LogP contribution is 2.26. The number of benzene rings is 1. The van der Waals surface area contributed by atoms with Crippen molar-refractivity contribution < 1.29 is 19.1 Å². The zero-order valence-electron chi connectivity index (χ0n) is 24.2. The lowest BCUT2D eigenvalue weighted by Gasteiger charge is -2.37. The number of rotatable bonds is 11. The minimum absolute atomic E-state index is 0.202. The predicted octanol–water partition coefficient (Wildman–Crippen LogP) is 5.91. The zero-order chi connectivity index (χ0) is 27.7. The summed E-state index contributed by atoms with van der Waals surface area (Å²) < 4.78 is 5.44. The standard InChI is InChI=1S/C29H49N3O4/c1-11-12-13-14-18-32(26(34)23(20(2)3)30-27(35)36-29(8,9)10)24(25(33)31-28(5,6)7)22-17-15-16-21(4)19-22/h15-17,19-20,23-24H,11-14,18H2,1-10H3,(H,30,35)(H,31,33). The summed E-state index contributed by atoms with van der Waals surface area (Å²) >= 11 is 0. The van der Waals surface area contributed by atoms with Crippen molar-refractivity contribution >= 4 is 17.9 Å². The number of hydrogen-bond acceptors (Lipinski definition) is 4. The molecule has 0 heterocycles. The van der Waals surface area contributed by atoms with Crippen molar-refractivity contribution in [3.63, 3.8) is 0 Å². The van der Waals surface area contributed by atoms with Crippen molar-refractivity contribution in [2.45, 2.75) is 118 Å². The minimum Gasteiger partial charge on any atom is -0.444 e. The van der Waals surface area contributed by atoms with Gasteiger partial charge in [-0.3, -0.25) is 9.59 Å². The third kappa shape index (κ3) is 11.0. The molecule has 7 heteroatoms. The first-order valence-corrected chi connectivity index (χ1v) is 13.2. The van der Waals surface area contributed by atoms with Crippen LogP contribution in [0.25, 0.3) is 0 Å². The summed E-state index contributed by atoms with van der Waals surface area (Å²) in [6, 6.07) is 6.06. The molecule has 2 atom stereocenters. The smallest absolute Gasteiger partial charge is 0.408 e. The Morgan fingerprint density at radius 1 is 1.00 bits per heavy atom. The molecule has 0 aliphatic rings. The molecular weight excluding hydrogens is 454 g/mol. The molecular formula is C29H49N3O4. The quantitative estimate of drug-likeness (QED) is 0.368. The molecule has 0 saturated heterocycles. The van der Waals surface area contributed by atoms with Crippen LogP contribution in [0.5, 0.6) is 0 Å². The summed E-state index contributed by atoms with van der Waals surface area (Å²) in [5.41, 5.74) is 0.597. The van der Waals surface area contributed by atoms with Crippen LogP contribution < -0.4 is 10.6 Å². The second-order valence-electron chi connectivity index (χ2n) is 12.0. The monoisotopic (exact) mass is 503 g/mol. The SMILES string of the molecule is CCCCCCN(C(=O)C(NC(=O)OC(C)(C)C)C(C)C)C(C(=O)NC(C)(C)C)c1cccc(C)c1. The number of aryl methyl sites for hydroxylation is 1. The maximum Gasteiger partial charge on any atom is 0.408 e. The van der Waals surface area contributed by atoms with Crippen molar-refractivity contribution in [1.29, 1.82) is 0 Å². The lowest BCUT2D eigenvalue weighted by atomic mass is 9.96. The minimum atomic E-state index is -0.833. The largest absolute Gasteiger partial charge is 0.444 e. The number of nitrogens with zero attached hydrogens (tertiary/aromatic N) is 1. The Labute approximate surface area is 218 Å². The summed E-state index contributed by atoms with van der Waals surface area (Å²) in [5.74, 6) is -0.730. The van der Waals surface area contributed by atoms with Gasteiger partial charge in [-0.05, 0) is 66.4 Å². The summed E-state index contributed by atoms with van der Waals surface area (Å²) in [6.45, 7) is 19.4. The highest BCUT2D eigenvalue weighted by atomic mass is 16.6. The molecule has 0 aliphatic carbocycles. The lowest BCUT2D eigenvalue weighted by molar-refractivity contribution is -0.144. The number of carbonyl (C=O) groups is 3. The summed E-state index contributed by atoms with van der Waals surface area (Å²) in [4.78, 5) is 42.1. The van der Waals surface area contributed by atoms with E-state index in [1.807, 2.05) is 65.8 Å². The van der Waals surface area contributed by atoms with Crippen molar-refractivity contribution in [2.24, 2.45) is 5.92 Å². The van der Waals surface area contributed by atoms with Crippen LogP contribution in [0.4, 0.5) is 4.79 Å². The number of unbranched alkanes of at least 4 members (excludes halogenated alkanes) is 3. The van der Waals surface area contributed by atoms with Crippen LogP contribution in [0, 0.1) is 12.8 Å². The van der Waals surface area contributed by atoms with E-state index in [4.69, 9.17) is 4.74 Å². The molecule has 0 aliphatic heterocycles. The first-order chi connectivity index (χ1) is 16.6. The number of hydrogen-bond donors (Lipinski definition) is 2. The molecule has 7 nitrogen and oxygen atoms in total. The van der Waals surface area contributed by atoms with Crippen LogP contribution in [-0.2, 0) is 14.3 Å². The van der Waals surface area contributed by atoms with Gasteiger partial charge in [0.15, 0.2) is 0 Å². The molecule has 1 aromatic carbocycles. The molecule has 0 aromatic heterocycles. The number of nitrogens with one attached hydrogen (secondary N) is 2. The molecule has 0 saturated carbocycles. The van der Waals surface area contributed by atoms with Crippen LogP contribution in [0.3, 0.4) is 0 Å². The second kappa shape index (κ2) is 13.7. The molecule has 0 bridgehead atoms. The maximum absolute atomic E-state index is 14.1. The van der Waals surface area contributed by atoms with Crippen LogP contribution in [0.2, 0.25) is 0 Å². The van der Waals surface area contributed by atoms with Gasteiger partial charge in [0.25, 0.3) is 0 Å². The Bertz CT molecular complexity index is 868. The molecule has 1 aromatic rings. The lowest BCUT2D eigenvalue weighted by Crippen LogP contribution is -2.56. The van der Waals surface area contributed by atoms with Crippen LogP contribution in [0.15, 0.2) is 24.3 Å². The van der Waals surface area contributed by atoms with E-state index >= 15 is 0 Å². The molecule has 2 unspecified atom stereocenters. The molecule has 3 amide bonds. The normalized spacial score (nSPS) is 13.6. The van der Waals surface area contributed by atoms with Gasteiger partial charge in [0.2, 0.25) is 11.8 Å². The van der Waals surface area contributed by atoms with Gasteiger partial charge in [-0.2, -0.15) is 0 Å². The topological polar surface area (TPSA) is 87.7 Å². The van der Waals surface area contributed by atoms with Gasteiger partial charge < -0.3 is 20.3 Å². The van der Waals surface area contributed by atoms with Gasteiger partial charge in [-0.15, -0.1) is 0 Å². The molecule has 0 radical (unpaired) electrons. The van der Waals surface area contributed by atoms with Gasteiger partial charge >= 0.3 is 6.09 Å². The molecule has 1 rings (SSSR count). The van der Waals surface area contributed by atoms with E-state index in [9.17, 15) is 14.4 Å².